The third-order valence-corrected chi connectivity index (χ3v) is 9.58. The number of nitrogens with one attached hydrogen (secondary N) is 1. The summed E-state index contributed by atoms with van der Waals surface area (Å²) >= 11 is 3.42. The number of morpholine rings is 2. The number of fused-ring (bicyclic) bond motifs is 2. The first-order chi connectivity index (χ1) is 26.3. The maximum atomic E-state index is 13.3. The minimum absolute atomic E-state index is 0.199. The Kier molecular flexibility index (Phi) is 13.4. The van der Waals surface area contributed by atoms with Crippen LogP contribution in [0.2, 0.25) is 0 Å². The number of hydrogen-bond acceptors (Lipinski definition) is 8. The van der Waals surface area contributed by atoms with E-state index in [4.69, 9.17) is 20.5 Å². The first kappa shape index (κ1) is 38.6. The molecule has 0 radical (unpaired) electrons. The fourth-order valence-electron chi connectivity index (χ4n) is 6.18. The fraction of sp³-hybridized carbons (Fsp3) is 0.238. The summed E-state index contributed by atoms with van der Waals surface area (Å²) in [4.78, 5) is 22.9. The highest BCUT2D eigenvalue weighted by molar-refractivity contribution is 9.08. The number of hydrogen-bond donors (Lipinski definition) is 2. The Bertz CT molecular complexity index is 2240. The molecule has 2 aliphatic rings. The van der Waals surface area contributed by atoms with Crippen molar-refractivity contribution in [3.05, 3.63) is 131 Å². The van der Waals surface area contributed by atoms with Crippen LogP contribution < -0.4 is 11.1 Å². The topological polar surface area (TPSA) is 126 Å². The van der Waals surface area contributed by atoms with Gasteiger partial charge in [-0.2, -0.15) is 5.26 Å². The van der Waals surface area contributed by atoms with Crippen molar-refractivity contribution in [2.75, 3.05) is 52.6 Å². The van der Waals surface area contributed by atoms with Crippen molar-refractivity contribution in [2.45, 2.75) is 11.9 Å². The van der Waals surface area contributed by atoms with Gasteiger partial charge >= 0.3 is 0 Å². The Morgan fingerprint density at radius 3 is 1.81 bits per heavy atom. The largest absolute Gasteiger partial charge is 0.379 e. The van der Waals surface area contributed by atoms with Gasteiger partial charge < -0.3 is 20.5 Å². The molecule has 2 fully saturated rings. The van der Waals surface area contributed by atoms with Crippen LogP contribution in [0.5, 0.6) is 0 Å². The molecule has 8 rings (SSSR count). The Morgan fingerprint density at radius 2 is 1.30 bits per heavy atom. The van der Waals surface area contributed by atoms with E-state index in [1.165, 1.54) is 24.3 Å². The van der Waals surface area contributed by atoms with Crippen LogP contribution >= 0.6 is 15.9 Å². The minimum Gasteiger partial charge on any atom is -0.379 e. The summed E-state index contributed by atoms with van der Waals surface area (Å²) in [7, 11) is 0. The van der Waals surface area contributed by atoms with Crippen molar-refractivity contribution in [1.29, 1.82) is 5.26 Å². The molecular formula is C42H39BrF2N6O3. The molecule has 0 bridgehead atoms. The summed E-state index contributed by atoms with van der Waals surface area (Å²) in [5, 5.41) is 14.9. The Morgan fingerprint density at radius 1 is 0.759 bits per heavy atom. The second-order valence-corrected chi connectivity index (χ2v) is 13.2. The lowest BCUT2D eigenvalue weighted by molar-refractivity contribution is 0.0342. The average Bonchev–Trinajstić information content (AvgIpc) is 3.21. The van der Waals surface area contributed by atoms with Crippen molar-refractivity contribution in [3.8, 4) is 28.3 Å². The van der Waals surface area contributed by atoms with Gasteiger partial charge in [0.05, 0.1) is 37.5 Å². The van der Waals surface area contributed by atoms with Crippen LogP contribution in [0.4, 0.5) is 8.78 Å². The third-order valence-electron chi connectivity index (χ3n) is 8.94. The summed E-state index contributed by atoms with van der Waals surface area (Å²) in [5.74, 6) is -1.17. The number of alkyl halides is 1. The lowest BCUT2D eigenvalue weighted by Crippen LogP contribution is -2.35. The number of carbonyl (C=O) groups is 1. The number of carbonyl (C=O) groups excluding carboxylic acids is 1. The Hall–Kier alpha value is -5.16. The first-order valence-corrected chi connectivity index (χ1v) is 18.7. The molecule has 0 spiro atoms. The van der Waals surface area contributed by atoms with Gasteiger partial charge in [0, 0.05) is 48.8 Å². The molecule has 0 unspecified atom stereocenters. The molecule has 276 valence electrons. The number of primary amides is 1. The molecule has 1 amide bonds. The Labute approximate surface area is 320 Å². The quantitative estimate of drug-likeness (QED) is 0.167. The molecule has 2 saturated heterocycles. The standard InChI is InChI=1S/C21H20FN3O2.C17H10BrFN2.C4H9NO/c22-16-4-2-15(3-5-16)18-12-20(21(23)26)24-19-11-14(1-6-17(18)19)13-25-7-9-27-10-8-25;18-9-11-1-6-15-16(12-2-4-13(19)5-3-12)8-14(10-20)21-17(15)7-11;1-3-6-4-2-5-1/h1-6,11-12H,7-10,13H2,(H2,23,26);1-8H,9H2;5H,1-4H2. The summed E-state index contributed by atoms with van der Waals surface area (Å²) in [6, 6.07) is 29.9. The van der Waals surface area contributed by atoms with Crippen LogP contribution in [0.25, 0.3) is 44.1 Å². The molecule has 12 heteroatoms. The van der Waals surface area contributed by atoms with Crippen LogP contribution in [0.1, 0.15) is 27.3 Å². The summed E-state index contributed by atoms with van der Waals surface area (Å²) in [5.41, 5.74) is 13.1. The maximum absolute atomic E-state index is 13.3. The van der Waals surface area contributed by atoms with Crippen LogP contribution in [0.15, 0.2) is 97.1 Å². The molecule has 9 nitrogen and oxygen atoms in total. The zero-order valence-corrected chi connectivity index (χ0v) is 31.1. The van der Waals surface area contributed by atoms with Gasteiger partial charge in [0.15, 0.2) is 0 Å². The van der Waals surface area contributed by atoms with E-state index in [0.29, 0.717) is 11.2 Å². The third kappa shape index (κ3) is 10.1. The molecule has 0 atom stereocenters. The van der Waals surface area contributed by atoms with Crippen molar-refractivity contribution in [2.24, 2.45) is 5.73 Å². The van der Waals surface area contributed by atoms with Crippen molar-refractivity contribution in [1.82, 2.24) is 20.2 Å². The molecule has 3 N–H and O–H groups in total. The van der Waals surface area contributed by atoms with E-state index in [2.05, 4.69) is 48.3 Å². The van der Waals surface area contributed by atoms with Crippen LogP contribution in [0.3, 0.4) is 0 Å². The van der Waals surface area contributed by atoms with Gasteiger partial charge in [-0.05, 0) is 81.9 Å². The molecule has 0 aliphatic carbocycles. The number of nitriles is 1. The highest BCUT2D eigenvalue weighted by atomic mass is 79.9. The normalized spacial score (nSPS) is 14.3. The van der Waals surface area contributed by atoms with E-state index in [1.54, 1.807) is 36.4 Å². The predicted octanol–water partition coefficient (Wildman–Crippen LogP) is 7.39. The lowest BCUT2D eigenvalue weighted by Gasteiger charge is -2.26. The Balaban J connectivity index is 0.000000163. The number of rotatable bonds is 6. The lowest BCUT2D eigenvalue weighted by atomic mass is 9.98. The molecule has 2 aromatic heterocycles. The van der Waals surface area contributed by atoms with Crippen LogP contribution in [-0.4, -0.2) is 73.4 Å². The van der Waals surface area contributed by atoms with Gasteiger partial charge in [-0.3, -0.25) is 9.69 Å². The van der Waals surface area contributed by atoms with E-state index < -0.39 is 5.91 Å². The molecular weight excluding hydrogens is 754 g/mol. The zero-order valence-electron chi connectivity index (χ0n) is 29.5. The molecule has 0 saturated carbocycles. The number of ether oxygens (including phenoxy) is 2. The van der Waals surface area contributed by atoms with Gasteiger partial charge in [0.2, 0.25) is 0 Å². The number of aromatic nitrogens is 2. The highest BCUT2D eigenvalue weighted by Gasteiger charge is 2.15. The number of benzene rings is 4. The van der Waals surface area contributed by atoms with E-state index in [1.807, 2.05) is 30.3 Å². The fourth-order valence-corrected chi connectivity index (χ4v) is 6.53. The molecule has 4 aromatic carbocycles. The number of pyridine rings is 2. The number of nitrogens with zero attached hydrogens (tertiary/aromatic N) is 4. The van der Waals surface area contributed by atoms with Crippen molar-refractivity contribution >= 4 is 43.6 Å². The van der Waals surface area contributed by atoms with E-state index >= 15 is 0 Å². The summed E-state index contributed by atoms with van der Waals surface area (Å²) < 4.78 is 36.8. The van der Waals surface area contributed by atoms with Gasteiger partial charge in [0.25, 0.3) is 5.91 Å². The van der Waals surface area contributed by atoms with Gasteiger partial charge in [-0.15, -0.1) is 0 Å². The van der Waals surface area contributed by atoms with E-state index in [-0.39, 0.29) is 17.3 Å². The molecule has 2 aliphatic heterocycles. The van der Waals surface area contributed by atoms with Gasteiger partial charge in [0.1, 0.15) is 29.1 Å². The smallest absolute Gasteiger partial charge is 0.267 e. The second kappa shape index (κ2) is 18.7. The van der Waals surface area contributed by atoms with Crippen LogP contribution in [0, 0.1) is 23.0 Å². The van der Waals surface area contributed by atoms with E-state index in [0.717, 1.165) is 114 Å². The van der Waals surface area contributed by atoms with Gasteiger partial charge in [-0.25, -0.2) is 18.7 Å². The predicted molar refractivity (Wildman–Crippen MR) is 210 cm³/mol. The maximum Gasteiger partial charge on any atom is 0.267 e. The number of amides is 1. The van der Waals surface area contributed by atoms with Crippen LogP contribution in [-0.2, 0) is 21.3 Å². The summed E-state index contributed by atoms with van der Waals surface area (Å²) in [6.07, 6.45) is 0. The van der Waals surface area contributed by atoms with Gasteiger partial charge in [-0.1, -0.05) is 64.5 Å². The van der Waals surface area contributed by atoms with Crippen molar-refractivity contribution < 1.29 is 23.0 Å². The zero-order chi connectivity index (χ0) is 37.9. The average molecular weight is 794 g/mol. The first-order valence-electron chi connectivity index (χ1n) is 17.5. The number of halogens is 3. The van der Waals surface area contributed by atoms with Crippen molar-refractivity contribution in [3.63, 3.8) is 0 Å². The van der Waals surface area contributed by atoms with E-state index in [9.17, 15) is 13.6 Å². The molecule has 6 aromatic rings. The second-order valence-electron chi connectivity index (χ2n) is 12.7. The number of nitrogens with two attached hydrogens (primary N) is 1. The highest BCUT2D eigenvalue weighted by Crippen LogP contribution is 2.31. The molecule has 54 heavy (non-hydrogen) atoms. The minimum atomic E-state index is -0.584. The molecule has 4 heterocycles. The summed E-state index contributed by atoms with van der Waals surface area (Å²) in [6.45, 7) is 7.91. The SMILES string of the molecule is C1COCCN1.N#Cc1cc(-c2ccc(F)cc2)c2ccc(CBr)cc2n1.NC(=O)c1cc(-c2ccc(F)cc2)c2ccc(CN3CCOCC3)cc2n1. The monoisotopic (exact) mass is 792 g/mol.